The summed E-state index contributed by atoms with van der Waals surface area (Å²) in [5.41, 5.74) is 0.0558. The van der Waals surface area contributed by atoms with Gasteiger partial charge < -0.3 is 19.5 Å². The standard InChI is InChI=1S/C16H19N3O6S/c1-2-18-16(20)25-12-9-24-14-11(8-23-15(12)14)19-26(21,22)13-6-4-3-5-10(13)7-17/h3-6,11-12,14-15,19H,2,8-9H2,1H3,(H,18,20)/t11-,12-,14-,15+/m0/s1. The molecule has 2 aliphatic heterocycles. The van der Waals surface area contributed by atoms with Gasteiger partial charge in [-0.15, -0.1) is 0 Å². The van der Waals surface area contributed by atoms with Crippen LogP contribution in [0.25, 0.3) is 0 Å². The second-order valence-electron chi connectivity index (χ2n) is 5.91. The highest BCUT2D eigenvalue weighted by Gasteiger charge is 2.50. The predicted molar refractivity (Wildman–Crippen MR) is 88.7 cm³/mol. The van der Waals surface area contributed by atoms with Crippen LogP contribution in [-0.4, -0.2) is 58.6 Å². The molecule has 0 bridgehead atoms. The molecule has 2 fully saturated rings. The average Bonchev–Trinajstić information content (AvgIpc) is 3.19. The van der Waals surface area contributed by atoms with E-state index in [0.29, 0.717) is 6.54 Å². The normalized spacial score (nSPS) is 27.5. The van der Waals surface area contributed by atoms with E-state index in [-0.39, 0.29) is 23.7 Å². The Morgan fingerprint density at radius 1 is 1.31 bits per heavy atom. The number of nitriles is 1. The maximum atomic E-state index is 12.6. The number of hydrogen-bond donors (Lipinski definition) is 2. The minimum atomic E-state index is -3.93. The summed E-state index contributed by atoms with van der Waals surface area (Å²) >= 11 is 0. The van der Waals surface area contributed by atoms with Crippen LogP contribution in [0.5, 0.6) is 0 Å². The minimum absolute atomic E-state index is 0.0558. The molecule has 140 valence electrons. The van der Waals surface area contributed by atoms with E-state index in [1.807, 2.05) is 6.07 Å². The number of benzene rings is 1. The van der Waals surface area contributed by atoms with Crippen molar-refractivity contribution in [1.82, 2.24) is 10.0 Å². The number of nitrogens with zero attached hydrogens (tertiary/aromatic N) is 1. The summed E-state index contributed by atoms with van der Waals surface area (Å²) in [6, 6.07) is 7.17. The summed E-state index contributed by atoms with van der Waals surface area (Å²) in [7, 11) is -3.93. The van der Waals surface area contributed by atoms with Crippen LogP contribution in [0.2, 0.25) is 0 Å². The van der Waals surface area contributed by atoms with Gasteiger partial charge in [0.15, 0.2) is 6.10 Å². The highest BCUT2D eigenvalue weighted by molar-refractivity contribution is 7.89. The first-order valence-electron chi connectivity index (χ1n) is 8.15. The molecule has 3 rings (SSSR count). The van der Waals surface area contributed by atoms with E-state index in [9.17, 15) is 13.2 Å². The van der Waals surface area contributed by atoms with Crippen LogP contribution in [0.3, 0.4) is 0 Å². The lowest BCUT2D eigenvalue weighted by Gasteiger charge is -2.18. The molecule has 1 amide bonds. The number of ether oxygens (including phenoxy) is 3. The number of alkyl carbamates (subject to hydrolysis) is 1. The summed E-state index contributed by atoms with van der Waals surface area (Å²) in [5.74, 6) is 0. The van der Waals surface area contributed by atoms with Crippen LogP contribution in [0, 0.1) is 11.3 Å². The Labute approximate surface area is 151 Å². The van der Waals surface area contributed by atoms with Crippen LogP contribution < -0.4 is 10.0 Å². The quantitative estimate of drug-likeness (QED) is 0.741. The zero-order chi connectivity index (χ0) is 18.7. The maximum absolute atomic E-state index is 12.6. The second-order valence-corrected chi connectivity index (χ2v) is 7.59. The molecule has 1 aromatic carbocycles. The van der Waals surface area contributed by atoms with Crippen LogP contribution in [0.4, 0.5) is 4.79 Å². The number of hydrogen-bond acceptors (Lipinski definition) is 7. The average molecular weight is 381 g/mol. The fraction of sp³-hybridized carbons (Fsp3) is 0.500. The van der Waals surface area contributed by atoms with Crippen molar-refractivity contribution in [3.63, 3.8) is 0 Å². The molecular formula is C16H19N3O6S. The molecule has 2 N–H and O–H groups in total. The van der Waals surface area contributed by atoms with Gasteiger partial charge in [0.25, 0.3) is 0 Å². The Hall–Kier alpha value is -2.19. The molecule has 0 spiro atoms. The topological polar surface area (TPSA) is 127 Å². The third-order valence-corrected chi connectivity index (χ3v) is 5.74. The summed E-state index contributed by atoms with van der Waals surface area (Å²) < 4.78 is 44.2. The molecule has 1 aromatic rings. The van der Waals surface area contributed by atoms with Crippen LogP contribution in [0.1, 0.15) is 12.5 Å². The predicted octanol–water partition coefficient (Wildman–Crippen LogP) is 0.117. The van der Waals surface area contributed by atoms with Gasteiger partial charge in [0, 0.05) is 6.54 Å². The monoisotopic (exact) mass is 381 g/mol. The molecule has 0 aliphatic carbocycles. The molecule has 0 unspecified atom stereocenters. The smallest absolute Gasteiger partial charge is 0.407 e. The lowest BCUT2D eigenvalue weighted by Crippen LogP contribution is -2.44. The highest BCUT2D eigenvalue weighted by Crippen LogP contribution is 2.30. The molecule has 26 heavy (non-hydrogen) atoms. The van der Waals surface area contributed by atoms with Gasteiger partial charge in [0.05, 0.1) is 29.7 Å². The van der Waals surface area contributed by atoms with Gasteiger partial charge in [-0.05, 0) is 19.1 Å². The third-order valence-electron chi connectivity index (χ3n) is 4.19. The lowest BCUT2D eigenvalue weighted by molar-refractivity contribution is 0.00428. The van der Waals surface area contributed by atoms with Gasteiger partial charge in [0.1, 0.15) is 18.3 Å². The first-order chi connectivity index (χ1) is 12.5. The summed E-state index contributed by atoms with van der Waals surface area (Å²) in [6.07, 6.45) is -2.29. The fourth-order valence-corrected chi connectivity index (χ4v) is 4.43. The van der Waals surface area contributed by atoms with E-state index in [1.54, 1.807) is 19.1 Å². The van der Waals surface area contributed by atoms with E-state index < -0.39 is 40.5 Å². The largest absolute Gasteiger partial charge is 0.441 e. The molecule has 10 heteroatoms. The second kappa shape index (κ2) is 7.59. The molecule has 9 nitrogen and oxygen atoms in total. The van der Waals surface area contributed by atoms with Crippen molar-refractivity contribution in [3.8, 4) is 6.07 Å². The fourth-order valence-electron chi connectivity index (χ4n) is 3.05. The van der Waals surface area contributed by atoms with Crippen molar-refractivity contribution in [3.05, 3.63) is 29.8 Å². The number of amides is 1. The number of carbonyl (C=O) groups excluding carboxylic acids is 1. The molecule has 0 aromatic heterocycles. The van der Waals surface area contributed by atoms with E-state index >= 15 is 0 Å². The molecule has 0 radical (unpaired) electrons. The minimum Gasteiger partial charge on any atom is -0.441 e. The molecule has 4 atom stereocenters. The van der Waals surface area contributed by atoms with E-state index in [4.69, 9.17) is 19.5 Å². The number of fused-ring (bicyclic) bond motifs is 1. The Morgan fingerprint density at radius 2 is 2.04 bits per heavy atom. The van der Waals surface area contributed by atoms with Crippen molar-refractivity contribution in [2.45, 2.75) is 36.2 Å². The van der Waals surface area contributed by atoms with Crippen molar-refractivity contribution < 1.29 is 27.4 Å². The number of nitrogens with one attached hydrogen (secondary N) is 2. The van der Waals surface area contributed by atoms with Crippen molar-refractivity contribution in [2.75, 3.05) is 19.8 Å². The summed E-state index contributed by atoms with van der Waals surface area (Å²) in [5, 5.41) is 11.6. The Kier molecular flexibility index (Phi) is 5.43. The van der Waals surface area contributed by atoms with Crippen molar-refractivity contribution in [1.29, 1.82) is 5.26 Å². The van der Waals surface area contributed by atoms with E-state index in [2.05, 4.69) is 10.0 Å². The lowest BCUT2D eigenvalue weighted by atomic mass is 10.1. The van der Waals surface area contributed by atoms with Crippen LogP contribution in [0.15, 0.2) is 29.2 Å². The Balaban J connectivity index is 1.69. The molecule has 0 saturated carbocycles. The Bertz CT molecular complexity index is 822. The van der Waals surface area contributed by atoms with Gasteiger partial charge in [0.2, 0.25) is 10.0 Å². The summed E-state index contributed by atoms with van der Waals surface area (Å²) in [4.78, 5) is 11.5. The van der Waals surface area contributed by atoms with Gasteiger partial charge in [-0.1, -0.05) is 12.1 Å². The van der Waals surface area contributed by atoms with E-state index in [0.717, 1.165) is 0 Å². The molecule has 2 aliphatic rings. The van der Waals surface area contributed by atoms with Gasteiger partial charge in [-0.25, -0.2) is 17.9 Å². The highest BCUT2D eigenvalue weighted by atomic mass is 32.2. The number of sulfonamides is 1. The van der Waals surface area contributed by atoms with Crippen LogP contribution >= 0.6 is 0 Å². The van der Waals surface area contributed by atoms with Gasteiger partial charge >= 0.3 is 6.09 Å². The van der Waals surface area contributed by atoms with E-state index in [1.165, 1.54) is 12.1 Å². The van der Waals surface area contributed by atoms with Crippen molar-refractivity contribution in [2.24, 2.45) is 0 Å². The van der Waals surface area contributed by atoms with Crippen LogP contribution in [-0.2, 0) is 24.2 Å². The van der Waals surface area contributed by atoms with Gasteiger partial charge in [-0.3, -0.25) is 0 Å². The zero-order valence-electron chi connectivity index (χ0n) is 14.0. The first-order valence-corrected chi connectivity index (χ1v) is 9.63. The van der Waals surface area contributed by atoms with Gasteiger partial charge in [-0.2, -0.15) is 5.26 Å². The molecular weight excluding hydrogens is 362 g/mol. The first kappa shape index (κ1) is 18.6. The SMILES string of the molecule is CCNC(=O)O[C@H]1CO[C@@H]2[C@@H]1OC[C@@H]2NS(=O)(=O)c1ccccc1C#N. The maximum Gasteiger partial charge on any atom is 0.407 e. The Morgan fingerprint density at radius 3 is 2.77 bits per heavy atom. The zero-order valence-corrected chi connectivity index (χ0v) is 14.9. The number of rotatable bonds is 5. The summed E-state index contributed by atoms with van der Waals surface area (Å²) in [6.45, 7) is 2.41. The number of carbonyl (C=O) groups is 1. The molecule has 2 heterocycles. The van der Waals surface area contributed by atoms with Crippen molar-refractivity contribution >= 4 is 16.1 Å². The third kappa shape index (κ3) is 3.66. The molecule has 2 saturated heterocycles.